The van der Waals surface area contributed by atoms with E-state index in [1.54, 1.807) is 0 Å². The van der Waals surface area contributed by atoms with Gasteiger partial charge in [0.05, 0.1) is 0 Å². The summed E-state index contributed by atoms with van der Waals surface area (Å²) in [6.07, 6.45) is 3.61. The Morgan fingerprint density at radius 3 is 2.14 bits per heavy atom. The van der Waals surface area contributed by atoms with Crippen molar-refractivity contribution in [1.29, 1.82) is 0 Å². The molecule has 2 aromatic carbocycles. The zero-order chi connectivity index (χ0) is 15.2. The summed E-state index contributed by atoms with van der Waals surface area (Å²) >= 11 is 1.88. The van der Waals surface area contributed by atoms with Gasteiger partial charge in [0.25, 0.3) is 0 Å². The van der Waals surface area contributed by atoms with Crippen LogP contribution in [0.1, 0.15) is 23.8 Å². The van der Waals surface area contributed by atoms with Crippen LogP contribution in [0.3, 0.4) is 0 Å². The van der Waals surface area contributed by atoms with Gasteiger partial charge in [0.1, 0.15) is 0 Å². The van der Waals surface area contributed by atoms with E-state index < -0.39 is 0 Å². The van der Waals surface area contributed by atoms with Gasteiger partial charge >= 0.3 is 0 Å². The smallest absolute Gasteiger partial charge is 0.00480 e. The highest BCUT2D eigenvalue weighted by Gasteiger charge is 2.09. The van der Waals surface area contributed by atoms with Crippen LogP contribution in [0, 0.1) is 5.92 Å². The molecule has 112 valence electrons. The van der Waals surface area contributed by atoms with E-state index in [2.05, 4.69) is 79.0 Å². The number of thiophene rings is 1. The Hall–Kier alpha value is -1.86. The van der Waals surface area contributed by atoms with Crippen LogP contribution < -0.4 is 0 Å². The van der Waals surface area contributed by atoms with E-state index >= 15 is 0 Å². The van der Waals surface area contributed by atoms with Gasteiger partial charge in [-0.3, -0.25) is 0 Å². The normalized spacial score (nSPS) is 12.2. The highest BCUT2D eigenvalue weighted by atomic mass is 32.1. The maximum absolute atomic E-state index is 2.30. The lowest BCUT2D eigenvalue weighted by Gasteiger charge is -2.14. The molecule has 1 heteroatoms. The summed E-state index contributed by atoms with van der Waals surface area (Å²) in [5, 5.41) is 2.18. The minimum absolute atomic E-state index is 0.737. The van der Waals surface area contributed by atoms with Crippen LogP contribution >= 0.6 is 11.3 Å². The van der Waals surface area contributed by atoms with E-state index in [1.165, 1.54) is 40.8 Å². The van der Waals surface area contributed by atoms with Crippen LogP contribution in [0.5, 0.6) is 0 Å². The quantitative estimate of drug-likeness (QED) is 0.506. The van der Waals surface area contributed by atoms with Gasteiger partial charge in [-0.1, -0.05) is 74.0 Å². The Kier molecular flexibility index (Phi) is 5.07. The summed E-state index contributed by atoms with van der Waals surface area (Å²) in [7, 11) is 0. The first-order valence-electron chi connectivity index (χ1n) is 8.02. The van der Waals surface area contributed by atoms with Crippen molar-refractivity contribution in [3.05, 3.63) is 82.6 Å². The molecule has 0 saturated carbocycles. The van der Waals surface area contributed by atoms with Crippen molar-refractivity contribution < 1.29 is 0 Å². The van der Waals surface area contributed by atoms with Crippen LogP contribution in [-0.2, 0) is 12.8 Å². The van der Waals surface area contributed by atoms with Crippen molar-refractivity contribution >= 4 is 11.3 Å². The number of rotatable bonds is 6. The van der Waals surface area contributed by atoms with Gasteiger partial charge in [-0.05, 0) is 46.9 Å². The van der Waals surface area contributed by atoms with E-state index in [-0.39, 0.29) is 0 Å². The van der Waals surface area contributed by atoms with E-state index in [4.69, 9.17) is 0 Å². The topological polar surface area (TPSA) is 0 Å². The van der Waals surface area contributed by atoms with Gasteiger partial charge in [0.15, 0.2) is 0 Å². The molecular weight excluding hydrogens is 284 g/mol. The molecule has 1 heterocycles. The van der Waals surface area contributed by atoms with Crippen molar-refractivity contribution in [2.75, 3.05) is 0 Å². The third-order valence-electron chi connectivity index (χ3n) is 4.23. The first-order chi connectivity index (χ1) is 10.8. The molecule has 0 aliphatic rings. The van der Waals surface area contributed by atoms with Gasteiger partial charge in [0.2, 0.25) is 0 Å². The van der Waals surface area contributed by atoms with Gasteiger partial charge in [-0.2, -0.15) is 0 Å². The predicted molar refractivity (Wildman–Crippen MR) is 97.4 cm³/mol. The van der Waals surface area contributed by atoms with Gasteiger partial charge < -0.3 is 0 Å². The molecule has 1 atom stereocenters. The lowest BCUT2D eigenvalue weighted by Crippen LogP contribution is -2.06. The maximum atomic E-state index is 2.30. The molecule has 0 radical (unpaired) electrons. The highest BCUT2D eigenvalue weighted by Crippen LogP contribution is 2.23. The number of benzene rings is 2. The molecule has 3 rings (SSSR count). The highest BCUT2D eigenvalue weighted by molar-refractivity contribution is 7.09. The molecule has 0 spiro atoms. The molecule has 0 bridgehead atoms. The molecule has 22 heavy (non-hydrogen) atoms. The maximum Gasteiger partial charge on any atom is 0.00480 e. The molecule has 0 saturated heterocycles. The largest absolute Gasteiger partial charge is 0.149 e. The lowest BCUT2D eigenvalue weighted by atomic mass is 9.92. The Morgan fingerprint density at radius 2 is 1.50 bits per heavy atom. The Balaban J connectivity index is 1.67. The third-order valence-corrected chi connectivity index (χ3v) is 5.13. The first kappa shape index (κ1) is 15.1. The second kappa shape index (κ2) is 7.42. The van der Waals surface area contributed by atoms with Crippen LogP contribution in [0.4, 0.5) is 0 Å². The molecule has 0 amide bonds. The summed E-state index contributed by atoms with van der Waals surface area (Å²) in [6, 6.07) is 24.1. The Labute approximate surface area is 137 Å². The molecule has 0 nitrogen and oxygen atoms in total. The molecule has 0 aliphatic carbocycles. The summed E-state index contributed by atoms with van der Waals surface area (Å²) in [4.78, 5) is 1.51. The fourth-order valence-corrected chi connectivity index (χ4v) is 3.69. The molecule has 0 N–H and O–H groups in total. The van der Waals surface area contributed by atoms with Crippen molar-refractivity contribution in [3.63, 3.8) is 0 Å². The second-order valence-corrected chi connectivity index (χ2v) is 6.86. The first-order valence-corrected chi connectivity index (χ1v) is 8.90. The third kappa shape index (κ3) is 3.86. The molecule has 0 fully saturated rings. The number of hydrogen-bond acceptors (Lipinski definition) is 1. The van der Waals surface area contributed by atoms with E-state index in [0.717, 1.165) is 5.92 Å². The minimum atomic E-state index is 0.737. The Bertz CT molecular complexity index is 666. The summed E-state index contributed by atoms with van der Waals surface area (Å²) in [5.74, 6) is 0.737. The van der Waals surface area contributed by atoms with Gasteiger partial charge in [-0.25, -0.2) is 0 Å². The molecule has 1 aromatic heterocycles. The second-order valence-electron chi connectivity index (χ2n) is 5.82. The van der Waals surface area contributed by atoms with E-state index in [1.807, 2.05) is 11.3 Å². The standard InChI is InChI=1S/C21H22S/c1-2-17(16-21-9-6-14-22-21)15-18-10-12-20(13-11-18)19-7-4-3-5-8-19/h3-14,17H,2,15-16H2,1H3. The van der Waals surface area contributed by atoms with Crippen molar-refractivity contribution in [1.82, 2.24) is 0 Å². The van der Waals surface area contributed by atoms with Crippen molar-refractivity contribution in [3.8, 4) is 11.1 Å². The van der Waals surface area contributed by atoms with E-state index in [0.29, 0.717) is 0 Å². The lowest BCUT2D eigenvalue weighted by molar-refractivity contribution is 0.508. The predicted octanol–water partition coefficient (Wildman–Crippen LogP) is 6.23. The van der Waals surface area contributed by atoms with Crippen LogP contribution in [-0.4, -0.2) is 0 Å². The molecule has 1 unspecified atom stereocenters. The van der Waals surface area contributed by atoms with Crippen LogP contribution in [0.2, 0.25) is 0 Å². The van der Waals surface area contributed by atoms with Crippen molar-refractivity contribution in [2.24, 2.45) is 5.92 Å². The van der Waals surface area contributed by atoms with Crippen LogP contribution in [0.15, 0.2) is 72.1 Å². The molecular formula is C21H22S. The summed E-state index contributed by atoms with van der Waals surface area (Å²) < 4.78 is 0. The minimum Gasteiger partial charge on any atom is -0.149 e. The average molecular weight is 306 g/mol. The Morgan fingerprint density at radius 1 is 0.773 bits per heavy atom. The fraction of sp³-hybridized carbons (Fsp3) is 0.238. The van der Waals surface area contributed by atoms with Crippen LogP contribution in [0.25, 0.3) is 11.1 Å². The zero-order valence-electron chi connectivity index (χ0n) is 13.0. The SMILES string of the molecule is CCC(Cc1ccc(-c2ccccc2)cc1)Cc1cccs1. The van der Waals surface area contributed by atoms with Gasteiger partial charge in [0, 0.05) is 4.88 Å². The number of hydrogen-bond donors (Lipinski definition) is 0. The van der Waals surface area contributed by atoms with Gasteiger partial charge in [-0.15, -0.1) is 11.3 Å². The summed E-state index contributed by atoms with van der Waals surface area (Å²) in [6.45, 7) is 2.30. The zero-order valence-corrected chi connectivity index (χ0v) is 13.9. The summed E-state index contributed by atoms with van der Waals surface area (Å²) in [5.41, 5.74) is 4.04. The molecule has 3 aromatic rings. The monoisotopic (exact) mass is 306 g/mol. The van der Waals surface area contributed by atoms with E-state index in [9.17, 15) is 0 Å². The fourth-order valence-electron chi connectivity index (χ4n) is 2.87. The van der Waals surface area contributed by atoms with Crippen molar-refractivity contribution in [2.45, 2.75) is 26.2 Å². The molecule has 0 aliphatic heterocycles. The average Bonchev–Trinajstić information content (AvgIpc) is 3.09.